The maximum atomic E-state index is 3.27. The van der Waals surface area contributed by atoms with Gasteiger partial charge in [0.2, 0.25) is 0 Å². The smallest absolute Gasteiger partial charge is 0.0405 e. The van der Waals surface area contributed by atoms with Gasteiger partial charge in [-0.3, -0.25) is 0 Å². The Balaban J connectivity index is 2.27. The van der Waals surface area contributed by atoms with E-state index >= 15 is 0 Å². The summed E-state index contributed by atoms with van der Waals surface area (Å²) in [6, 6.07) is 7.49. The van der Waals surface area contributed by atoms with Crippen LogP contribution in [0.4, 0.5) is 5.69 Å². The van der Waals surface area contributed by atoms with Crippen molar-refractivity contribution in [3.63, 3.8) is 0 Å². The van der Waals surface area contributed by atoms with Gasteiger partial charge in [0.1, 0.15) is 0 Å². The second kappa shape index (κ2) is 5.09. The molecule has 1 heterocycles. The first kappa shape index (κ1) is 12.4. The van der Waals surface area contributed by atoms with Crippen LogP contribution in [0, 0.1) is 6.92 Å². The number of aryl methyl sites for hydroxylation is 1. The molecule has 0 fully saturated rings. The Morgan fingerprint density at radius 2 is 2.18 bits per heavy atom. The standard InChI is InChI=1S/C15H24N2/c1-11(2)17-10-13(7-8-16-4)14-9-12(3)5-6-15(14)17/h5-6,9,11,13,16H,7-8,10H2,1-4H3. The average Bonchev–Trinajstić information content (AvgIpc) is 2.64. The topological polar surface area (TPSA) is 15.3 Å². The highest BCUT2D eigenvalue weighted by Crippen LogP contribution is 2.39. The molecule has 0 bridgehead atoms. The Kier molecular flexibility index (Phi) is 3.72. The van der Waals surface area contributed by atoms with E-state index in [1.165, 1.54) is 24.2 Å². The molecule has 0 aromatic heterocycles. The molecule has 0 saturated carbocycles. The minimum Gasteiger partial charge on any atom is -0.368 e. The van der Waals surface area contributed by atoms with E-state index in [0.717, 1.165) is 6.54 Å². The van der Waals surface area contributed by atoms with Crippen LogP contribution in [0.1, 0.15) is 37.3 Å². The lowest BCUT2D eigenvalue weighted by molar-refractivity contribution is 0.588. The minimum atomic E-state index is 0.594. The first-order valence-corrected chi connectivity index (χ1v) is 6.65. The quantitative estimate of drug-likeness (QED) is 0.858. The third-order valence-electron chi connectivity index (χ3n) is 3.72. The molecule has 1 N–H and O–H groups in total. The Hall–Kier alpha value is -1.02. The van der Waals surface area contributed by atoms with E-state index in [-0.39, 0.29) is 0 Å². The van der Waals surface area contributed by atoms with Crippen molar-refractivity contribution < 1.29 is 0 Å². The van der Waals surface area contributed by atoms with E-state index in [1.54, 1.807) is 5.56 Å². The molecule has 0 saturated heterocycles. The van der Waals surface area contributed by atoms with Gasteiger partial charge < -0.3 is 10.2 Å². The highest BCUT2D eigenvalue weighted by Gasteiger charge is 2.29. The second-order valence-corrected chi connectivity index (χ2v) is 5.40. The van der Waals surface area contributed by atoms with E-state index in [1.807, 2.05) is 7.05 Å². The first-order valence-electron chi connectivity index (χ1n) is 6.65. The van der Waals surface area contributed by atoms with Crippen LogP contribution in [0.25, 0.3) is 0 Å². The number of hydrogen-bond donors (Lipinski definition) is 1. The van der Waals surface area contributed by atoms with Gasteiger partial charge in [-0.15, -0.1) is 0 Å². The molecule has 94 valence electrons. The van der Waals surface area contributed by atoms with Crippen molar-refractivity contribution >= 4 is 5.69 Å². The van der Waals surface area contributed by atoms with Crippen molar-refractivity contribution in [2.45, 2.75) is 39.2 Å². The van der Waals surface area contributed by atoms with Crippen LogP contribution in [0.5, 0.6) is 0 Å². The number of hydrogen-bond acceptors (Lipinski definition) is 2. The maximum Gasteiger partial charge on any atom is 0.0405 e. The molecular weight excluding hydrogens is 208 g/mol. The molecule has 1 unspecified atom stereocenters. The predicted octanol–water partition coefficient (Wildman–Crippen LogP) is 2.92. The van der Waals surface area contributed by atoms with Crippen molar-refractivity contribution in [1.82, 2.24) is 5.32 Å². The molecule has 1 aromatic rings. The molecule has 0 aliphatic carbocycles. The van der Waals surface area contributed by atoms with Crippen LogP contribution in [0.15, 0.2) is 18.2 Å². The molecule has 2 rings (SSSR count). The average molecular weight is 232 g/mol. The zero-order chi connectivity index (χ0) is 12.4. The fraction of sp³-hybridized carbons (Fsp3) is 0.600. The molecule has 0 spiro atoms. The third kappa shape index (κ3) is 2.47. The minimum absolute atomic E-state index is 0.594. The lowest BCUT2D eigenvalue weighted by atomic mass is 9.96. The van der Waals surface area contributed by atoms with Crippen LogP contribution in [0.2, 0.25) is 0 Å². The summed E-state index contributed by atoms with van der Waals surface area (Å²) >= 11 is 0. The molecule has 1 aromatic carbocycles. The monoisotopic (exact) mass is 232 g/mol. The Labute approximate surface area is 105 Å². The molecule has 2 heteroatoms. The van der Waals surface area contributed by atoms with Crippen molar-refractivity contribution in [3.8, 4) is 0 Å². The van der Waals surface area contributed by atoms with Crippen LogP contribution in [0.3, 0.4) is 0 Å². The number of rotatable bonds is 4. The molecule has 17 heavy (non-hydrogen) atoms. The van der Waals surface area contributed by atoms with E-state index in [4.69, 9.17) is 0 Å². The summed E-state index contributed by atoms with van der Waals surface area (Å²) in [4.78, 5) is 2.54. The Morgan fingerprint density at radius 1 is 1.41 bits per heavy atom. The summed E-state index contributed by atoms with van der Waals surface area (Å²) in [5.41, 5.74) is 4.38. The SMILES string of the molecule is CNCCC1CN(C(C)C)c2ccc(C)cc21. The van der Waals surface area contributed by atoms with Crippen molar-refractivity contribution in [3.05, 3.63) is 29.3 Å². The van der Waals surface area contributed by atoms with Gasteiger partial charge in [0, 0.05) is 24.2 Å². The maximum absolute atomic E-state index is 3.27. The molecular formula is C15H24N2. The molecule has 1 aliphatic rings. The van der Waals surface area contributed by atoms with Gasteiger partial charge in [-0.05, 0) is 52.4 Å². The van der Waals surface area contributed by atoms with Gasteiger partial charge in [-0.1, -0.05) is 17.7 Å². The summed E-state index contributed by atoms with van der Waals surface area (Å²) in [7, 11) is 2.03. The summed E-state index contributed by atoms with van der Waals surface area (Å²) < 4.78 is 0. The van der Waals surface area contributed by atoms with Gasteiger partial charge in [-0.2, -0.15) is 0 Å². The fourth-order valence-corrected chi connectivity index (χ4v) is 2.75. The summed E-state index contributed by atoms with van der Waals surface area (Å²) in [6.45, 7) is 9.03. The van der Waals surface area contributed by atoms with Crippen LogP contribution < -0.4 is 10.2 Å². The molecule has 1 atom stereocenters. The van der Waals surface area contributed by atoms with Crippen LogP contribution >= 0.6 is 0 Å². The zero-order valence-corrected chi connectivity index (χ0v) is 11.5. The van der Waals surface area contributed by atoms with Crippen molar-refractivity contribution in [2.75, 3.05) is 25.0 Å². The van der Waals surface area contributed by atoms with E-state index < -0.39 is 0 Å². The van der Waals surface area contributed by atoms with Gasteiger partial charge in [0.05, 0.1) is 0 Å². The van der Waals surface area contributed by atoms with Gasteiger partial charge in [0.25, 0.3) is 0 Å². The number of nitrogens with zero attached hydrogens (tertiary/aromatic N) is 1. The highest BCUT2D eigenvalue weighted by atomic mass is 15.2. The number of benzene rings is 1. The van der Waals surface area contributed by atoms with E-state index in [0.29, 0.717) is 12.0 Å². The first-order chi connectivity index (χ1) is 8.13. The highest BCUT2D eigenvalue weighted by molar-refractivity contribution is 5.61. The normalized spacial score (nSPS) is 18.9. The predicted molar refractivity (Wildman–Crippen MR) is 74.9 cm³/mol. The third-order valence-corrected chi connectivity index (χ3v) is 3.72. The molecule has 0 radical (unpaired) electrons. The molecule has 2 nitrogen and oxygen atoms in total. The fourth-order valence-electron chi connectivity index (χ4n) is 2.75. The lowest BCUT2D eigenvalue weighted by Gasteiger charge is -2.24. The largest absolute Gasteiger partial charge is 0.368 e. The van der Waals surface area contributed by atoms with Crippen molar-refractivity contribution in [1.29, 1.82) is 0 Å². The molecule has 1 aliphatic heterocycles. The van der Waals surface area contributed by atoms with E-state index in [2.05, 4.69) is 49.2 Å². The van der Waals surface area contributed by atoms with E-state index in [9.17, 15) is 0 Å². The van der Waals surface area contributed by atoms with Gasteiger partial charge in [0.15, 0.2) is 0 Å². The lowest BCUT2D eigenvalue weighted by Crippen LogP contribution is -2.29. The van der Waals surface area contributed by atoms with Crippen molar-refractivity contribution in [2.24, 2.45) is 0 Å². The summed E-state index contributed by atoms with van der Waals surface area (Å²) in [5.74, 6) is 0.694. The zero-order valence-electron chi connectivity index (χ0n) is 11.5. The van der Waals surface area contributed by atoms with Gasteiger partial charge >= 0.3 is 0 Å². The second-order valence-electron chi connectivity index (χ2n) is 5.40. The number of anilines is 1. The number of fused-ring (bicyclic) bond motifs is 1. The Bertz CT molecular complexity index is 385. The van der Waals surface area contributed by atoms with Crippen LogP contribution in [-0.4, -0.2) is 26.2 Å². The molecule has 0 amide bonds. The Morgan fingerprint density at radius 3 is 2.82 bits per heavy atom. The summed E-state index contributed by atoms with van der Waals surface area (Å²) in [5, 5.41) is 3.27. The van der Waals surface area contributed by atoms with Crippen LogP contribution in [-0.2, 0) is 0 Å². The number of nitrogens with one attached hydrogen (secondary N) is 1. The summed E-state index contributed by atoms with van der Waals surface area (Å²) in [6.07, 6.45) is 1.23. The van der Waals surface area contributed by atoms with Gasteiger partial charge in [-0.25, -0.2) is 0 Å².